The van der Waals surface area contributed by atoms with E-state index in [0.29, 0.717) is 17.4 Å². The van der Waals surface area contributed by atoms with Crippen LogP contribution < -0.4 is 0 Å². The summed E-state index contributed by atoms with van der Waals surface area (Å²) in [5, 5.41) is 5.01. The first kappa shape index (κ1) is 20.5. The highest BCUT2D eigenvalue weighted by Gasteiger charge is 2.42. The normalized spacial score (nSPS) is 23.9. The lowest BCUT2D eigenvalue weighted by molar-refractivity contribution is 0.0724. The van der Waals surface area contributed by atoms with E-state index in [2.05, 4.69) is 16.1 Å². The molecule has 2 amide bonds. The largest absolute Gasteiger partial charge is 0.344 e. The molecule has 0 saturated carbocycles. The number of aromatic nitrogens is 2. The highest BCUT2D eigenvalue weighted by molar-refractivity contribution is 6.31. The van der Waals surface area contributed by atoms with Gasteiger partial charge in [0.05, 0.1) is 11.8 Å². The second-order valence-electron chi connectivity index (χ2n) is 9.02. The molecular weight excluding hydrogens is 414 g/mol. The second kappa shape index (κ2) is 8.63. The van der Waals surface area contributed by atoms with Crippen molar-refractivity contribution in [1.82, 2.24) is 24.5 Å². The quantitative estimate of drug-likeness (QED) is 0.733. The third-order valence-corrected chi connectivity index (χ3v) is 7.22. The number of hydrogen-bond acceptors (Lipinski definition) is 4. The highest BCUT2D eigenvalue weighted by atomic mass is 35.5. The zero-order valence-corrected chi connectivity index (χ0v) is 18.4. The van der Waals surface area contributed by atoms with Crippen LogP contribution in [-0.4, -0.2) is 75.7 Å². The number of amides is 2. The van der Waals surface area contributed by atoms with E-state index < -0.39 is 0 Å². The molecule has 0 bridgehead atoms. The van der Waals surface area contributed by atoms with Crippen molar-refractivity contribution < 1.29 is 9.59 Å². The van der Waals surface area contributed by atoms with Crippen molar-refractivity contribution in [3.8, 4) is 0 Å². The van der Waals surface area contributed by atoms with Gasteiger partial charge in [0, 0.05) is 57.0 Å². The Hall–Kier alpha value is -2.38. The predicted octanol–water partition coefficient (Wildman–Crippen LogP) is 3.19. The fourth-order valence-electron chi connectivity index (χ4n) is 5.21. The Morgan fingerprint density at radius 3 is 2.39 bits per heavy atom. The first-order valence-corrected chi connectivity index (χ1v) is 11.6. The third-order valence-electron chi connectivity index (χ3n) is 6.85. The topological polar surface area (TPSA) is 61.7 Å². The van der Waals surface area contributed by atoms with Crippen molar-refractivity contribution in [2.45, 2.75) is 25.8 Å². The minimum absolute atomic E-state index is 0.0211. The van der Waals surface area contributed by atoms with Gasteiger partial charge in [0.2, 0.25) is 0 Å². The van der Waals surface area contributed by atoms with Crippen LogP contribution in [0.5, 0.6) is 0 Å². The molecule has 3 aliphatic rings. The number of nitrogens with zero attached hydrogens (tertiary/aromatic N) is 5. The molecule has 3 aliphatic heterocycles. The van der Waals surface area contributed by atoms with Crippen LogP contribution in [0.15, 0.2) is 36.7 Å². The van der Waals surface area contributed by atoms with Crippen molar-refractivity contribution in [2.24, 2.45) is 11.8 Å². The summed E-state index contributed by atoms with van der Waals surface area (Å²) in [6, 6.07) is 7.85. The van der Waals surface area contributed by atoms with Crippen molar-refractivity contribution in [2.75, 3.05) is 39.3 Å². The van der Waals surface area contributed by atoms with Gasteiger partial charge in [-0.25, -0.2) is 4.79 Å². The van der Waals surface area contributed by atoms with E-state index in [1.807, 2.05) is 28.0 Å². The van der Waals surface area contributed by atoms with E-state index >= 15 is 0 Å². The Labute approximate surface area is 187 Å². The van der Waals surface area contributed by atoms with Gasteiger partial charge in [0.1, 0.15) is 0 Å². The Morgan fingerprint density at radius 2 is 1.68 bits per heavy atom. The molecule has 2 atom stereocenters. The van der Waals surface area contributed by atoms with Crippen LogP contribution in [0, 0.1) is 11.8 Å². The molecule has 0 radical (unpaired) electrons. The van der Waals surface area contributed by atoms with E-state index in [-0.39, 0.29) is 11.9 Å². The lowest BCUT2D eigenvalue weighted by atomic mass is 10.0. The number of fused-ring (bicyclic) bond motifs is 1. The Balaban J connectivity index is 1.17. The maximum atomic E-state index is 13.0. The summed E-state index contributed by atoms with van der Waals surface area (Å²) >= 11 is 6.31. The van der Waals surface area contributed by atoms with Gasteiger partial charge >= 0.3 is 6.03 Å². The smallest absolute Gasteiger partial charge is 0.339 e. The van der Waals surface area contributed by atoms with Crippen molar-refractivity contribution in [3.05, 3.63) is 52.8 Å². The molecule has 1 aromatic heterocycles. The first-order valence-electron chi connectivity index (χ1n) is 11.2. The van der Waals surface area contributed by atoms with Crippen molar-refractivity contribution in [3.63, 3.8) is 0 Å². The lowest BCUT2D eigenvalue weighted by Gasteiger charge is -2.26. The van der Waals surface area contributed by atoms with Crippen LogP contribution in [0.1, 0.15) is 35.2 Å². The fourth-order valence-corrected chi connectivity index (χ4v) is 5.40. The number of likely N-dealkylation sites (tertiary alicyclic amines) is 3. The molecule has 1 aromatic carbocycles. The molecule has 4 heterocycles. The molecule has 0 N–H and O–H groups in total. The average molecular weight is 442 g/mol. The molecule has 0 spiro atoms. The summed E-state index contributed by atoms with van der Waals surface area (Å²) < 4.78 is 1.33. The molecule has 3 fully saturated rings. The van der Waals surface area contributed by atoms with Gasteiger partial charge in [-0.1, -0.05) is 29.8 Å². The molecule has 7 nitrogen and oxygen atoms in total. The van der Waals surface area contributed by atoms with Crippen LogP contribution in [0.25, 0.3) is 0 Å². The van der Waals surface area contributed by atoms with E-state index in [1.54, 1.807) is 6.20 Å². The fraction of sp³-hybridized carbons (Fsp3) is 0.522. The SMILES string of the molecule is O=C(c1cnn(C(=O)N2CC3CN(Cc4ccccc4Cl)CC3C2)c1)N1CCCCC1. The van der Waals surface area contributed by atoms with Crippen LogP contribution in [-0.2, 0) is 6.54 Å². The number of carbonyl (C=O) groups is 2. The van der Waals surface area contributed by atoms with Crippen molar-refractivity contribution in [1.29, 1.82) is 0 Å². The number of carbonyl (C=O) groups excluding carboxylic acids is 2. The zero-order valence-electron chi connectivity index (χ0n) is 17.6. The maximum Gasteiger partial charge on any atom is 0.344 e. The molecule has 5 rings (SSSR count). The number of hydrogen-bond donors (Lipinski definition) is 0. The van der Waals surface area contributed by atoms with Gasteiger partial charge in [-0.3, -0.25) is 9.69 Å². The molecule has 2 unspecified atom stereocenters. The summed E-state index contributed by atoms with van der Waals surface area (Å²) in [5.41, 5.74) is 1.65. The third kappa shape index (κ3) is 4.21. The second-order valence-corrected chi connectivity index (χ2v) is 9.43. The first-order chi connectivity index (χ1) is 15.1. The van der Waals surface area contributed by atoms with Crippen LogP contribution >= 0.6 is 11.6 Å². The van der Waals surface area contributed by atoms with E-state index in [0.717, 1.165) is 69.2 Å². The number of halogens is 1. The van der Waals surface area contributed by atoms with Crippen LogP contribution in [0.2, 0.25) is 5.02 Å². The predicted molar refractivity (Wildman–Crippen MR) is 118 cm³/mol. The van der Waals surface area contributed by atoms with Gasteiger partial charge in [0.25, 0.3) is 5.91 Å². The summed E-state index contributed by atoms with van der Waals surface area (Å²) in [6.07, 6.45) is 6.38. The number of piperidine rings is 1. The monoisotopic (exact) mass is 441 g/mol. The minimum atomic E-state index is -0.134. The van der Waals surface area contributed by atoms with Gasteiger partial charge in [-0.15, -0.1) is 0 Å². The van der Waals surface area contributed by atoms with E-state index in [4.69, 9.17) is 11.6 Å². The van der Waals surface area contributed by atoms with Gasteiger partial charge in [-0.2, -0.15) is 9.78 Å². The van der Waals surface area contributed by atoms with Crippen LogP contribution in [0.3, 0.4) is 0 Å². The Morgan fingerprint density at radius 1 is 0.968 bits per heavy atom. The molecule has 0 aliphatic carbocycles. The summed E-state index contributed by atoms with van der Waals surface area (Å²) in [6.45, 7) is 5.84. The maximum absolute atomic E-state index is 13.0. The molecule has 2 aromatic rings. The zero-order chi connectivity index (χ0) is 21.4. The lowest BCUT2D eigenvalue weighted by Crippen LogP contribution is -2.36. The minimum Gasteiger partial charge on any atom is -0.339 e. The van der Waals surface area contributed by atoms with Crippen LogP contribution in [0.4, 0.5) is 4.79 Å². The molecule has 3 saturated heterocycles. The summed E-state index contributed by atoms with van der Waals surface area (Å²) in [4.78, 5) is 31.8. The molecular formula is C23H28ClN5O2. The molecule has 164 valence electrons. The average Bonchev–Trinajstić information content (AvgIpc) is 3.50. The van der Waals surface area contributed by atoms with Gasteiger partial charge < -0.3 is 9.80 Å². The van der Waals surface area contributed by atoms with E-state index in [1.165, 1.54) is 17.3 Å². The van der Waals surface area contributed by atoms with Crippen molar-refractivity contribution >= 4 is 23.5 Å². The Kier molecular flexibility index (Phi) is 5.71. The Bertz CT molecular complexity index is 956. The summed E-state index contributed by atoms with van der Waals surface area (Å²) in [7, 11) is 0. The van der Waals surface area contributed by atoms with E-state index in [9.17, 15) is 9.59 Å². The standard InChI is InChI=1S/C23H28ClN5O2/c24-21-7-3-2-6-17(21)11-26-12-19-14-28(15-20(19)13-26)23(31)29-16-18(10-25-29)22(30)27-8-4-1-5-9-27/h2-3,6-7,10,16,19-20H,1,4-5,8-9,11-15H2. The molecule has 31 heavy (non-hydrogen) atoms. The van der Waals surface area contributed by atoms with Gasteiger partial charge in [0.15, 0.2) is 0 Å². The van der Waals surface area contributed by atoms with Gasteiger partial charge in [-0.05, 0) is 42.7 Å². The highest BCUT2D eigenvalue weighted by Crippen LogP contribution is 2.33. The number of benzene rings is 1. The number of rotatable bonds is 3. The summed E-state index contributed by atoms with van der Waals surface area (Å²) in [5.74, 6) is 0.917. The molecule has 8 heteroatoms.